The van der Waals surface area contributed by atoms with Crippen molar-refractivity contribution in [2.75, 3.05) is 0 Å². The SMILES string of the molecule is C#N.[N].[N].[N].[N]. The molecule has 0 aromatic carbocycles. The standard InChI is InChI=1S/CHN.4N/c1-2;;;;/h1H;;;;. The second kappa shape index (κ2) is 107. The first kappa shape index (κ1) is 918. The van der Waals surface area contributed by atoms with Crippen LogP contribution in [-0.2, 0) is 0 Å². The molecule has 0 aromatic heterocycles. The van der Waals surface area contributed by atoms with Crippen LogP contribution in [0.15, 0.2) is 0 Å². The van der Waals surface area contributed by atoms with Crippen LogP contribution in [0.1, 0.15) is 0 Å². The maximum Gasteiger partial charge on any atom is 0.0462 e. The Morgan fingerprint density at radius 2 is 0.667 bits per heavy atom. The average Bonchev–Trinajstić information content (AvgIpc) is 1.00. The quantitative estimate of drug-likeness (QED) is 0.334. The average molecular weight is 83.1 g/mol. The molecular formula is CHN5. The molecule has 5 nitrogen and oxygen atoms in total. The summed E-state index contributed by atoms with van der Waals surface area (Å²) in [5.74, 6) is 0. The zero-order valence-electron chi connectivity index (χ0n) is 2.81. The van der Waals surface area contributed by atoms with Gasteiger partial charge in [0.15, 0.2) is 0 Å². The second-order valence-electron chi connectivity index (χ2n) is 0. The third-order valence-electron chi connectivity index (χ3n) is 0. The van der Waals surface area contributed by atoms with E-state index >= 15 is 0 Å². The van der Waals surface area contributed by atoms with E-state index < -0.39 is 0 Å². The smallest absolute Gasteiger partial charge is 0.0462 e. The summed E-state index contributed by atoms with van der Waals surface area (Å²) in [5, 5.41) is 6.50. The molecule has 12 radical (unpaired) electrons. The molecule has 0 atom stereocenters. The van der Waals surface area contributed by atoms with Gasteiger partial charge in [-0.25, -0.2) is 5.26 Å². The van der Waals surface area contributed by atoms with Gasteiger partial charge in [-0.1, -0.05) is 0 Å². The summed E-state index contributed by atoms with van der Waals surface area (Å²) in [6.45, 7) is 3.50. The molecule has 0 amide bonds. The topological polar surface area (TPSA) is 146 Å². The monoisotopic (exact) mass is 83.0 g/mol. The largest absolute Gasteiger partial charge is 0.202 e. The highest BCUT2D eigenvalue weighted by Crippen LogP contribution is 0.586. The minimum absolute atomic E-state index is 0. The first-order valence-electron chi connectivity index (χ1n) is 0.258. The van der Waals surface area contributed by atoms with Gasteiger partial charge < -0.3 is 0 Å². The number of hydrogen-bond acceptors (Lipinski definition) is 1. The molecule has 6 heavy (non-hydrogen) atoms. The number of rotatable bonds is 0. The summed E-state index contributed by atoms with van der Waals surface area (Å²) in [5.41, 5.74) is 0. The molecule has 30 valence electrons. The lowest BCUT2D eigenvalue weighted by Crippen LogP contribution is -0.569. The first-order valence-corrected chi connectivity index (χ1v) is 0.258. The minimum Gasteiger partial charge on any atom is -0.202 e. The van der Waals surface area contributed by atoms with Gasteiger partial charge in [-0.3, -0.25) is 0 Å². The third-order valence-corrected chi connectivity index (χ3v) is 0. The van der Waals surface area contributed by atoms with Gasteiger partial charge in [0.05, 0.1) is 0 Å². The predicted molar refractivity (Wildman–Crippen MR) is 15.2 cm³/mol. The maximum absolute atomic E-state index is 6.50. The molecule has 0 rings (SSSR count). The van der Waals surface area contributed by atoms with E-state index in [-0.39, 0.29) is 24.6 Å². The second-order valence-corrected chi connectivity index (χ2v) is 0. The molecule has 0 saturated heterocycles. The molecule has 0 saturated carbocycles. The highest BCUT2D eigenvalue weighted by atomic mass is 14.2. The van der Waals surface area contributed by atoms with Crippen LogP contribution in [0.2, 0.25) is 0 Å². The van der Waals surface area contributed by atoms with E-state index in [4.69, 9.17) is 5.26 Å². The van der Waals surface area contributed by atoms with E-state index in [2.05, 4.69) is 6.57 Å². The molecular weight excluding hydrogens is 82.0 g/mol. The molecule has 0 aliphatic rings. The number of hydrogen-bond donors (Lipinski definition) is 0. The zero-order chi connectivity index (χ0) is 2.00. The third kappa shape index (κ3) is 40.3. The predicted octanol–water partition coefficient (Wildman–Crippen LogP) is -1.78. The Bertz CT molecular complexity index is 8.66. The summed E-state index contributed by atoms with van der Waals surface area (Å²) >= 11 is 0. The fourth-order valence-corrected chi connectivity index (χ4v) is 0. The fourth-order valence-electron chi connectivity index (χ4n) is 0. The molecule has 0 aromatic rings. The van der Waals surface area contributed by atoms with Gasteiger partial charge in [-0.15, -0.1) is 0 Å². The van der Waals surface area contributed by atoms with Crippen molar-refractivity contribution in [3.8, 4) is 6.57 Å². The van der Waals surface area contributed by atoms with E-state index in [0.29, 0.717) is 0 Å². The van der Waals surface area contributed by atoms with E-state index in [9.17, 15) is 0 Å². The summed E-state index contributed by atoms with van der Waals surface area (Å²) < 4.78 is 0. The lowest BCUT2D eigenvalue weighted by atomic mass is 11.9. The Hall–Kier alpha value is -0.670. The molecule has 0 aliphatic heterocycles. The molecule has 0 unspecified atom stereocenters. The normalized spacial score (nSPS) is 0.333. The van der Waals surface area contributed by atoms with Crippen LogP contribution in [0.3, 0.4) is 0 Å². The van der Waals surface area contributed by atoms with E-state index in [1.807, 2.05) is 0 Å². The molecule has 5 heteroatoms. The van der Waals surface area contributed by atoms with Crippen LogP contribution in [-0.4, -0.2) is 0 Å². The van der Waals surface area contributed by atoms with Crippen molar-refractivity contribution in [1.29, 1.82) is 5.26 Å². The van der Waals surface area contributed by atoms with Crippen molar-refractivity contribution in [1.82, 2.24) is 24.6 Å². The highest BCUT2D eigenvalue weighted by Gasteiger charge is 0.513. The maximum atomic E-state index is 6.50. The van der Waals surface area contributed by atoms with Crippen LogP contribution in [0, 0.1) is 11.8 Å². The summed E-state index contributed by atoms with van der Waals surface area (Å²) in [4.78, 5) is 0. The Balaban J connectivity index is -0.000000000833. The van der Waals surface area contributed by atoms with E-state index in [1.54, 1.807) is 0 Å². The van der Waals surface area contributed by atoms with Gasteiger partial charge >= 0.3 is 0 Å². The van der Waals surface area contributed by atoms with E-state index in [0.717, 1.165) is 0 Å². The van der Waals surface area contributed by atoms with Crippen molar-refractivity contribution < 1.29 is 0 Å². The molecule has 0 fully saturated rings. The van der Waals surface area contributed by atoms with Gasteiger partial charge in [-0.05, 0) is 0 Å². The summed E-state index contributed by atoms with van der Waals surface area (Å²) in [7, 11) is 0. The van der Waals surface area contributed by atoms with Crippen LogP contribution in [0.25, 0.3) is 0 Å². The molecule has 0 spiro atoms. The van der Waals surface area contributed by atoms with Gasteiger partial charge in [-0.2, -0.15) is 0 Å². The molecule has 0 heterocycles. The Morgan fingerprint density at radius 3 is 0.667 bits per heavy atom. The van der Waals surface area contributed by atoms with Crippen LogP contribution in [0.5, 0.6) is 0 Å². The lowest BCUT2D eigenvalue weighted by molar-refractivity contribution is 1.58. The lowest BCUT2D eigenvalue weighted by Gasteiger charge is -0.668. The van der Waals surface area contributed by atoms with Crippen molar-refractivity contribution in [2.45, 2.75) is 0 Å². The Labute approximate surface area is 37.7 Å². The van der Waals surface area contributed by atoms with Crippen molar-refractivity contribution in [2.24, 2.45) is 0 Å². The van der Waals surface area contributed by atoms with Crippen LogP contribution >= 0.6 is 0 Å². The minimum atomic E-state index is 0. The van der Waals surface area contributed by atoms with Gasteiger partial charge in [0.2, 0.25) is 0 Å². The van der Waals surface area contributed by atoms with E-state index in [1.165, 1.54) is 0 Å². The molecule has 0 bridgehead atoms. The van der Waals surface area contributed by atoms with Gasteiger partial charge in [0.1, 0.15) is 0 Å². The van der Waals surface area contributed by atoms with Gasteiger partial charge in [0.25, 0.3) is 0 Å². The fraction of sp³-hybridized carbons (Fsp3) is 0. The molecule has 0 N–H and O–H groups in total. The Morgan fingerprint density at radius 1 is 0.667 bits per heavy atom. The number of nitrogens with zero attached hydrogens (tertiary/aromatic N) is 5. The van der Waals surface area contributed by atoms with Crippen molar-refractivity contribution in [3.05, 3.63) is 0 Å². The molecule has 0 aliphatic carbocycles. The Kier molecular flexibility index (Phi) is 16400. The highest BCUT2D eigenvalue weighted by molar-refractivity contribution is 4.03. The van der Waals surface area contributed by atoms with Crippen molar-refractivity contribution >= 4 is 0 Å². The van der Waals surface area contributed by atoms with Crippen LogP contribution in [0.4, 0.5) is 0 Å². The van der Waals surface area contributed by atoms with Gasteiger partial charge in [0, 0.05) is 31.2 Å². The summed E-state index contributed by atoms with van der Waals surface area (Å²) in [6.07, 6.45) is 0. The zero-order valence-corrected chi connectivity index (χ0v) is 2.81. The van der Waals surface area contributed by atoms with Crippen LogP contribution < -0.4 is 24.6 Å². The first-order chi connectivity index (χ1) is 1.00. The summed E-state index contributed by atoms with van der Waals surface area (Å²) in [6, 6.07) is 0. The number of nitriles is 1. The van der Waals surface area contributed by atoms with Crippen molar-refractivity contribution in [3.63, 3.8) is 0 Å².